The molecule has 0 spiro atoms. The third-order valence-corrected chi connectivity index (χ3v) is 7.31. The van der Waals surface area contributed by atoms with Gasteiger partial charge < -0.3 is 9.64 Å². The number of hydrogen-bond donors (Lipinski definition) is 2. The van der Waals surface area contributed by atoms with Crippen molar-refractivity contribution in [3.8, 4) is 17.4 Å². The molecule has 0 saturated heterocycles. The smallest absolute Gasteiger partial charge is 0.232 e. The zero-order valence-corrected chi connectivity index (χ0v) is 20.5. The Kier molecular flexibility index (Phi) is 6.91. The summed E-state index contributed by atoms with van der Waals surface area (Å²) in [4.78, 5) is 19.4. The van der Waals surface area contributed by atoms with E-state index in [1.54, 1.807) is 24.7 Å². The summed E-state index contributed by atoms with van der Waals surface area (Å²) in [6.45, 7) is 2.68. The SMILES string of the molecule is CC1c2cnc(-c3ncccn3)nc2CCN1c1cc(F)c(F)c(OCCCC2(NS(=O)O)CC2)c1. The molecule has 2 aliphatic rings. The van der Waals surface area contributed by atoms with Crippen LogP contribution in [0.15, 0.2) is 36.8 Å². The first-order chi connectivity index (χ1) is 17.3. The van der Waals surface area contributed by atoms with E-state index in [9.17, 15) is 13.0 Å². The summed E-state index contributed by atoms with van der Waals surface area (Å²) in [6, 6.07) is 4.25. The topological polar surface area (TPSA) is 113 Å². The first-order valence-corrected chi connectivity index (χ1v) is 12.9. The van der Waals surface area contributed by atoms with E-state index in [1.807, 2.05) is 11.8 Å². The largest absolute Gasteiger partial charge is 0.490 e. The average Bonchev–Trinajstić information content (AvgIpc) is 3.63. The molecule has 12 heteroatoms. The minimum atomic E-state index is -2.08. The normalized spacial score (nSPS) is 19.0. The van der Waals surface area contributed by atoms with Crippen molar-refractivity contribution in [2.75, 3.05) is 18.1 Å². The van der Waals surface area contributed by atoms with Crippen molar-refractivity contribution in [1.29, 1.82) is 0 Å². The summed E-state index contributed by atoms with van der Waals surface area (Å²) >= 11 is -2.08. The summed E-state index contributed by atoms with van der Waals surface area (Å²) in [5, 5.41) is 0. The Labute approximate surface area is 209 Å². The fourth-order valence-corrected chi connectivity index (χ4v) is 5.27. The number of fused-ring (bicyclic) bond motifs is 1. The second kappa shape index (κ2) is 10.1. The fourth-order valence-electron chi connectivity index (χ4n) is 4.59. The van der Waals surface area contributed by atoms with Crippen LogP contribution in [0.1, 0.15) is 49.9 Å². The second-order valence-corrected chi connectivity index (χ2v) is 9.81. The van der Waals surface area contributed by atoms with Gasteiger partial charge in [0.15, 0.2) is 23.2 Å². The zero-order chi connectivity index (χ0) is 25.3. The van der Waals surface area contributed by atoms with Gasteiger partial charge in [-0.25, -0.2) is 33.3 Å². The standard InChI is InChI=1S/C24H26F2N6O3S/c1-15-17-14-29-23(22-27-8-3-9-28-22)30-19(17)4-10-32(15)16-12-18(25)21(26)20(13-16)35-11-2-5-24(6-7-24)31-36(33)34/h3,8-9,12-15,31H,2,4-7,10-11H2,1H3,(H,33,34). The van der Waals surface area contributed by atoms with E-state index < -0.39 is 22.9 Å². The van der Waals surface area contributed by atoms with Gasteiger partial charge in [-0.2, -0.15) is 4.39 Å². The molecule has 5 rings (SSSR count). The Bertz CT molecular complexity index is 1280. The number of nitrogens with one attached hydrogen (secondary N) is 1. The van der Waals surface area contributed by atoms with Gasteiger partial charge >= 0.3 is 0 Å². The third-order valence-electron chi connectivity index (χ3n) is 6.70. The van der Waals surface area contributed by atoms with Crippen LogP contribution in [0.2, 0.25) is 0 Å². The minimum Gasteiger partial charge on any atom is -0.490 e. The van der Waals surface area contributed by atoms with Gasteiger partial charge in [0, 0.05) is 60.5 Å². The van der Waals surface area contributed by atoms with E-state index in [0.29, 0.717) is 43.1 Å². The minimum absolute atomic E-state index is 0.153. The summed E-state index contributed by atoms with van der Waals surface area (Å²) in [5.41, 5.74) is 1.92. The zero-order valence-electron chi connectivity index (χ0n) is 19.7. The van der Waals surface area contributed by atoms with Crippen LogP contribution in [-0.2, 0) is 17.7 Å². The highest BCUT2D eigenvalue weighted by atomic mass is 32.2. The Balaban J connectivity index is 1.28. The highest BCUT2D eigenvalue weighted by molar-refractivity contribution is 7.77. The van der Waals surface area contributed by atoms with Crippen LogP contribution in [0.25, 0.3) is 11.6 Å². The van der Waals surface area contributed by atoms with Crippen LogP contribution in [-0.4, -0.2) is 47.4 Å². The van der Waals surface area contributed by atoms with Crippen molar-refractivity contribution < 1.29 is 22.3 Å². The molecule has 1 aromatic carbocycles. The molecule has 190 valence electrons. The molecule has 3 heterocycles. The van der Waals surface area contributed by atoms with Crippen LogP contribution in [0.3, 0.4) is 0 Å². The number of aromatic nitrogens is 4. The van der Waals surface area contributed by atoms with Gasteiger partial charge in [-0.1, -0.05) is 0 Å². The monoisotopic (exact) mass is 516 g/mol. The lowest BCUT2D eigenvalue weighted by atomic mass is 9.98. The molecule has 0 amide bonds. The van der Waals surface area contributed by atoms with Gasteiger partial charge in [0.1, 0.15) is 0 Å². The molecule has 0 radical (unpaired) electrons. The summed E-state index contributed by atoms with van der Waals surface area (Å²) in [7, 11) is 0. The quantitative estimate of drug-likeness (QED) is 0.327. The molecule has 2 aromatic heterocycles. The number of halogens is 2. The second-order valence-electron chi connectivity index (χ2n) is 9.11. The molecular weight excluding hydrogens is 490 g/mol. The molecule has 2 atom stereocenters. The molecule has 1 aliphatic heterocycles. The van der Waals surface area contributed by atoms with Gasteiger partial charge in [0.05, 0.1) is 18.3 Å². The Morgan fingerprint density at radius 3 is 2.72 bits per heavy atom. The van der Waals surface area contributed by atoms with E-state index >= 15 is 0 Å². The Hall–Kier alpha value is -3.09. The predicted octanol–water partition coefficient (Wildman–Crippen LogP) is 3.75. The predicted molar refractivity (Wildman–Crippen MR) is 129 cm³/mol. The average molecular weight is 517 g/mol. The number of rotatable bonds is 9. The maximum atomic E-state index is 14.5. The lowest BCUT2D eigenvalue weighted by Gasteiger charge is -2.36. The summed E-state index contributed by atoms with van der Waals surface area (Å²) < 4.78 is 57.3. The van der Waals surface area contributed by atoms with E-state index in [4.69, 9.17) is 9.29 Å². The maximum Gasteiger partial charge on any atom is 0.232 e. The first kappa shape index (κ1) is 24.6. The molecule has 36 heavy (non-hydrogen) atoms. The number of nitrogens with zero attached hydrogens (tertiary/aromatic N) is 5. The van der Waals surface area contributed by atoms with Gasteiger partial charge in [0.2, 0.25) is 17.1 Å². The maximum absolute atomic E-state index is 14.5. The number of benzene rings is 1. The Morgan fingerprint density at radius 1 is 1.22 bits per heavy atom. The van der Waals surface area contributed by atoms with Crippen LogP contribution in [0.5, 0.6) is 5.75 Å². The van der Waals surface area contributed by atoms with E-state index in [2.05, 4.69) is 24.7 Å². The first-order valence-electron chi connectivity index (χ1n) is 11.8. The van der Waals surface area contributed by atoms with Gasteiger partial charge in [-0.15, -0.1) is 0 Å². The van der Waals surface area contributed by atoms with Crippen LogP contribution in [0.4, 0.5) is 14.5 Å². The molecule has 2 unspecified atom stereocenters. The van der Waals surface area contributed by atoms with Crippen molar-refractivity contribution in [3.63, 3.8) is 0 Å². The Morgan fingerprint density at radius 2 is 2.00 bits per heavy atom. The molecule has 2 N–H and O–H groups in total. The summed E-state index contributed by atoms with van der Waals surface area (Å²) in [5.74, 6) is -1.27. The molecular formula is C24H26F2N6O3S. The highest BCUT2D eigenvalue weighted by Crippen LogP contribution is 2.40. The lowest BCUT2D eigenvalue weighted by molar-refractivity contribution is 0.279. The van der Waals surface area contributed by atoms with Crippen LogP contribution in [0, 0.1) is 11.6 Å². The van der Waals surface area contributed by atoms with Crippen LogP contribution < -0.4 is 14.4 Å². The van der Waals surface area contributed by atoms with Crippen molar-refractivity contribution in [2.45, 2.75) is 50.6 Å². The van der Waals surface area contributed by atoms with Crippen molar-refractivity contribution in [2.24, 2.45) is 0 Å². The van der Waals surface area contributed by atoms with E-state index in [0.717, 1.165) is 24.1 Å². The molecule has 3 aromatic rings. The number of anilines is 1. The van der Waals surface area contributed by atoms with Gasteiger partial charge in [-0.3, -0.25) is 4.55 Å². The van der Waals surface area contributed by atoms with E-state index in [-0.39, 0.29) is 23.9 Å². The van der Waals surface area contributed by atoms with Gasteiger partial charge in [0.25, 0.3) is 0 Å². The molecule has 9 nitrogen and oxygen atoms in total. The van der Waals surface area contributed by atoms with Gasteiger partial charge in [-0.05, 0) is 38.7 Å². The van der Waals surface area contributed by atoms with Crippen molar-refractivity contribution in [3.05, 3.63) is 59.7 Å². The van der Waals surface area contributed by atoms with Crippen molar-refractivity contribution in [1.82, 2.24) is 24.7 Å². The van der Waals surface area contributed by atoms with E-state index in [1.165, 1.54) is 12.1 Å². The fraction of sp³-hybridized carbons (Fsp3) is 0.417. The van der Waals surface area contributed by atoms with Crippen LogP contribution >= 0.6 is 0 Å². The molecule has 0 bridgehead atoms. The lowest BCUT2D eigenvalue weighted by Crippen LogP contribution is -2.35. The summed E-state index contributed by atoms with van der Waals surface area (Å²) in [6.07, 6.45) is 8.35. The van der Waals surface area contributed by atoms with Crippen molar-refractivity contribution >= 4 is 17.0 Å². The highest BCUT2D eigenvalue weighted by Gasteiger charge is 2.43. The third kappa shape index (κ3) is 5.20. The number of hydrogen-bond acceptors (Lipinski definition) is 7. The molecule has 1 fully saturated rings. The molecule has 1 saturated carbocycles. The molecule has 1 aliphatic carbocycles. The number of ether oxygens (including phenoxy) is 1.